The van der Waals surface area contributed by atoms with Gasteiger partial charge in [0.15, 0.2) is 5.69 Å². The first-order valence-electron chi connectivity index (χ1n) is 11.4. The molecule has 0 saturated carbocycles. The number of nitrogens with one attached hydrogen (secondary N) is 1. The molecule has 0 radical (unpaired) electrons. The van der Waals surface area contributed by atoms with Crippen LogP contribution >= 0.6 is 11.6 Å². The molecule has 7 nitrogen and oxygen atoms in total. The third-order valence-electron chi connectivity index (χ3n) is 4.53. The van der Waals surface area contributed by atoms with E-state index in [9.17, 15) is 27.2 Å². The molecule has 1 N–H and O–H groups in total. The molecular formula is C25H30ClF4N5O2. The van der Waals surface area contributed by atoms with E-state index in [1.165, 1.54) is 11.0 Å². The Labute approximate surface area is 218 Å². The van der Waals surface area contributed by atoms with Gasteiger partial charge in [-0.25, -0.2) is 9.07 Å². The summed E-state index contributed by atoms with van der Waals surface area (Å²) in [6.45, 7) is 10.2. The largest absolute Gasteiger partial charge is 0.386 e. The number of alkyl halides is 3. The topological polar surface area (TPSA) is 80.1 Å². The van der Waals surface area contributed by atoms with Crippen molar-refractivity contribution in [3.63, 3.8) is 0 Å². The Morgan fingerprint density at radius 3 is 2.46 bits per heavy atom. The summed E-state index contributed by atoms with van der Waals surface area (Å²) in [4.78, 5) is 30.2. The van der Waals surface area contributed by atoms with Crippen LogP contribution in [0.3, 0.4) is 0 Å². The summed E-state index contributed by atoms with van der Waals surface area (Å²) in [6, 6.07) is 5.26. The normalized spacial score (nSPS) is 14.1. The summed E-state index contributed by atoms with van der Waals surface area (Å²) < 4.78 is 46.5. The quantitative estimate of drug-likeness (QED) is 0.360. The van der Waals surface area contributed by atoms with Crippen molar-refractivity contribution in [1.29, 1.82) is 0 Å². The second kappa shape index (κ2) is 14.9. The lowest BCUT2D eigenvalue weighted by molar-refractivity contribution is -0.123. The predicted molar refractivity (Wildman–Crippen MR) is 136 cm³/mol. The van der Waals surface area contributed by atoms with Crippen LogP contribution in [-0.4, -0.2) is 57.3 Å². The number of nitrogens with zero attached hydrogens (tertiary/aromatic N) is 4. The van der Waals surface area contributed by atoms with Crippen LogP contribution in [0.1, 0.15) is 44.6 Å². The molecule has 3 rings (SSSR count). The smallest absolute Gasteiger partial charge is 0.353 e. The Bertz CT molecular complexity index is 1120. The van der Waals surface area contributed by atoms with Gasteiger partial charge in [0.2, 0.25) is 5.91 Å². The number of hydrogen-bond acceptors (Lipinski definition) is 4. The fraction of sp³-hybridized carbons (Fsp3) is 0.360. The van der Waals surface area contributed by atoms with E-state index >= 15 is 0 Å². The number of carbonyl (C=O) groups is 2. The molecule has 1 saturated heterocycles. The van der Waals surface area contributed by atoms with Gasteiger partial charge in [0.05, 0.1) is 17.3 Å². The molecule has 2 amide bonds. The maximum absolute atomic E-state index is 13.8. The van der Waals surface area contributed by atoms with Crippen LogP contribution in [-0.2, 0) is 4.79 Å². The lowest BCUT2D eigenvalue weighted by Gasteiger charge is -2.25. The summed E-state index contributed by atoms with van der Waals surface area (Å²) >= 11 is 5.59. The van der Waals surface area contributed by atoms with Crippen molar-refractivity contribution in [3.8, 4) is 11.3 Å². The Morgan fingerprint density at radius 2 is 1.95 bits per heavy atom. The summed E-state index contributed by atoms with van der Waals surface area (Å²) in [7, 11) is 0. The van der Waals surface area contributed by atoms with Crippen LogP contribution in [0.15, 0.2) is 60.2 Å². The van der Waals surface area contributed by atoms with Crippen LogP contribution in [0.2, 0.25) is 0 Å². The first kappa shape index (κ1) is 31.6. The molecule has 2 aromatic heterocycles. The van der Waals surface area contributed by atoms with Crippen molar-refractivity contribution in [2.75, 3.05) is 19.6 Å². The van der Waals surface area contributed by atoms with E-state index in [2.05, 4.69) is 22.0 Å². The molecule has 37 heavy (non-hydrogen) atoms. The summed E-state index contributed by atoms with van der Waals surface area (Å²) in [6.07, 6.45) is 2.55. The standard InChI is InChI=1S/C21H21ClFN5O2.C2H3F3.C2H6/c1-3-16(6-7-17(23)14(2)22)28-19(15-5-4-8-24-12-15)11-18(26-28)21(30)27-10-9-25-20(29)13-27;1-2(3,4)5;1-2/h4-8,11-12H,2-3,9-10,13H2,1H3,(H,25,29);1H3;1-2H3/b16-6+,17-7+;;. The minimum Gasteiger partial charge on any atom is -0.353 e. The van der Waals surface area contributed by atoms with E-state index in [1.807, 2.05) is 26.8 Å². The van der Waals surface area contributed by atoms with E-state index < -0.39 is 12.0 Å². The zero-order valence-corrected chi connectivity index (χ0v) is 21.8. The van der Waals surface area contributed by atoms with Crippen LogP contribution in [0, 0.1) is 0 Å². The highest BCUT2D eigenvalue weighted by molar-refractivity contribution is 6.31. The minimum atomic E-state index is -4.00. The van der Waals surface area contributed by atoms with Gasteiger partial charge in [-0.15, -0.1) is 0 Å². The maximum Gasteiger partial charge on any atom is 0.386 e. The van der Waals surface area contributed by atoms with Gasteiger partial charge in [0.25, 0.3) is 5.91 Å². The van der Waals surface area contributed by atoms with Crippen molar-refractivity contribution >= 4 is 29.1 Å². The van der Waals surface area contributed by atoms with E-state index in [1.54, 1.807) is 35.3 Å². The number of hydrogen-bond donors (Lipinski definition) is 1. The second-order valence-corrected chi connectivity index (χ2v) is 7.81. The van der Waals surface area contributed by atoms with Crippen molar-refractivity contribution in [2.24, 2.45) is 0 Å². The van der Waals surface area contributed by atoms with E-state index in [4.69, 9.17) is 11.6 Å². The van der Waals surface area contributed by atoms with Gasteiger partial charge in [0, 0.05) is 43.7 Å². The van der Waals surface area contributed by atoms with Gasteiger partial charge in [-0.05, 0) is 36.8 Å². The SMILES string of the molecule is C=C(Cl)/C(F)=C\C=C(/CC)n1nc(C(=O)N2CCNC(=O)C2)cc1-c1cccnc1.CC.CC(F)(F)F. The third-order valence-corrected chi connectivity index (χ3v) is 4.71. The van der Waals surface area contributed by atoms with E-state index in [0.717, 1.165) is 5.56 Å². The first-order chi connectivity index (χ1) is 17.4. The Balaban J connectivity index is 0.000000874. The molecule has 0 unspecified atom stereocenters. The van der Waals surface area contributed by atoms with E-state index in [-0.39, 0.29) is 36.0 Å². The van der Waals surface area contributed by atoms with Crippen LogP contribution in [0.4, 0.5) is 17.6 Å². The lowest BCUT2D eigenvalue weighted by atomic mass is 10.2. The highest BCUT2D eigenvalue weighted by Crippen LogP contribution is 2.26. The van der Waals surface area contributed by atoms with Crippen LogP contribution in [0.25, 0.3) is 17.0 Å². The monoisotopic (exact) mass is 543 g/mol. The van der Waals surface area contributed by atoms with Gasteiger partial charge in [-0.3, -0.25) is 14.6 Å². The lowest BCUT2D eigenvalue weighted by Crippen LogP contribution is -2.50. The molecule has 0 atom stereocenters. The second-order valence-electron chi connectivity index (χ2n) is 7.36. The molecule has 202 valence electrons. The molecule has 3 heterocycles. The average molecular weight is 544 g/mol. The van der Waals surface area contributed by atoms with Gasteiger partial charge < -0.3 is 10.2 Å². The Hall–Kier alpha value is -3.47. The van der Waals surface area contributed by atoms with Crippen LogP contribution < -0.4 is 5.32 Å². The van der Waals surface area contributed by atoms with Crippen molar-refractivity contribution < 1.29 is 27.2 Å². The van der Waals surface area contributed by atoms with Gasteiger partial charge in [0.1, 0.15) is 5.83 Å². The number of rotatable bonds is 6. The number of halogens is 5. The minimum absolute atomic E-state index is 0.0177. The number of pyridine rings is 1. The number of amides is 2. The predicted octanol–water partition coefficient (Wildman–Crippen LogP) is 5.97. The summed E-state index contributed by atoms with van der Waals surface area (Å²) in [5.74, 6) is -1.22. The van der Waals surface area contributed by atoms with Gasteiger partial charge in [-0.1, -0.05) is 39.0 Å². The van der Waals surface area contributed by atoms with Crippen molar-refractivity contribution in [3.05, 3.63) is 65.9 Å². The molecule has 0 aliphatic carbocycles. The van der Waals surface area contributed by atoms with Crippen molar-refractivity contribution in [1.82, 2.24) is 25.0 Å². The van der Waals surface area contributed by atoms with Crippen molar-refractivity contribution in [2.45, 2.75) is 40.3 Å². The third kappa shape index (κ3) is 10.6. The summed E-state index contributed by atoms with van der Waals surface area (Å²) in [5, 5.41) is 6.96. The summed E-state index contributed by atoms with van der Waals surface area (Å²) in [5.41, 5.74) is 2.19. The Morgan fingerprint density at radius 1 is 1.30 bits per heavy atom. The first-order valence-corrected chi connectivity index (χ1v) is 11.8. The van der Waals surface area contributed by atoms with Gasteiger partial charge in [-0.2, -0.15) is 18.3 Å². The average Bonchev–Trinajstić information content (AvgIpc) is 3.30. The molecule has 0 aromatic carbocycles. The molecule has 12 heteroatoms. The fourth-order valence-electron chi connectivity index (χ4n) is 3.00. The maximum atomic E-state index is 13.8. The molecule has 0 bridgehead atoms. The number of carbonyl (C=O) groups excluding carboxylic acids is 2. The zero-order chi connectivity index (χ0) is 28.2. The number of aromatic nitrogens is 3. The highest BCUT2D eigenvalue weighted by atomic mass is 35.5. The fourth-order valence-corrected chi connectivity index (χ4v) is 3.06. The number of piperazine rings is 1. The molecule has 1 aliphatic rings. The Kier molecular flexibility index (Phi) is 12.7. The van der Waals surface area contributed by atoms with Crippen LogP contribution in [0.5, 0.6) is 0 Å². The zero-order valence-electron chi connectivity index (χ0n) is 21.1. The van der Waals surface area contributed by atoms with E-state index in [0.29, 0.717) is 30.9 Å². The molecule has 1 fully saturated rings. The number of allylic oxidation sites excluding steroid dienone is 5. The highest BCUT2D eigenvalue weighted by Gasteiger charge is 2.26. The molecule has 2 aromatic rings. The van der Waals surface area contributed by atoms with Gasteiger partial charge >= 0.3 is 6.18 Å². The molecule has 0 spiro atoms. The molecular weight excluding hydrogens is 514 g/mol. The molecule has 1 aliphatic heterocycles.